The van der Waals surface area contributed by atoms with Crippen molar-refractivity contribution in [1.29, 1.82) is 0 Å². The molecule has 2 aliphatic heterocycles. The number of fused-ring (bicyclic) bond motifs is 1. The summed E-state index contributed by atoms with van der Waals surface area (Å²) in [6.07, 6.45) is 0. The molecule has 4 heteroatoms. The molecule has 15 heavy (non-hydrogen) atoms. The fraction of sp³-hybridized carbons (Fsp3) is 0.364. The summed E-state index contributed by atoms with van der Waals surface area (Å²) in [4.78, 5) is 7.12. The normalized spacial score (nSPS) is 23.3. The van der Waals surface area contributed by atoms with E-state index in [0.29, 0.717) is 6.04 Å². The lowest BCUT2D eigenvalue weighted by molar-refractivity contribution is 0.464. The highest BCUT2D eigenvalue weighted by Gasteiger charge is 2.29. The molecule has 0 N–H and O–H groups in total. The zero-order chi connectivity index (χ0) is 9.38. The first-order valence-corrected chi connectivity index (χ1v) is 5.92. The van der Waals surface area contributed by atoms with Gasteiger partial charge in [-0.05, 0) is 5.56 Å². The van der Waals surface area contributed by atoms with Crippen LogP contribution in [0.25, 0.3) is 0 Å². The van der Waals surface area contributed by atoms with Crippen molar-refractivity contribution in [3.63, 3.8) is 0 Å². The molecule has 0 aliphatic carbocycles. The molecule has 3 rings (SSSR count). The van der Waals surface area contributed by atoms with Crippen LogP contribution >= 0.6 is 24.2 Å². The number of amidine groups is 1. The molecule has 0 aromatic heterocycles. The van der Waals surface area contributed by atoms with E-state index in [1.54, 1.807) is 0 Å². The standard InChI is InChI=1S/C11H12N2S.ClH/c1-2-4-9(5-3-1)10-8-13-6-7-14-11(13)12-10;/h1-5,10H,6-8H2;1H/t10-;/m0./s1. The topological polar surface area (TPSA) is 15.6 Å². The summed E-state index contributed by atoms with van der Waals surface area (Å²) in [6.45, 7) is 2.25. The molecule has 1 atom stereocenters. The second-order valence-electron chi connectivity index (χ2n) is 3.63. The van der Waals surface area contributed by atoms with Crippen LogP contribution in [0.15, 0.2) is 35.3 Å². The van der Waals surface area contributed by atoms with Crippen molar-refractivity contribution < 1.29 is 0 Å². The molecule has 0 unspecified atom stereocenters. The average Bonchev–Trinajstić information content (AvgIpc) is 2.78. The van der Waals surface area contributed by atoms with Crippen LogP contribution in [0.1, 0.15) is 11.6 Å². The minimum absolute atomic E-state index is 0. The second kappa shape index (κ2) is 4.45. The van der Waals surface area contributed by atoms with Gasteiger partial charge in [0, 0.05) is 18.8 Å². The third-order valence-corrected chi connectivity index (χ3v) is 3.72. The molecule has 80 valence electrons. The molecule has 0 saturated carbocycles. The van der Waals surface area contributed by atoms with Crippen LogP contribution in [0.5, 0.6) is 0 Å². The number of hydrogen-bond acceptors (Lipinski definition) is 3. The predicted molar refractivity (Wildman–Crippen MR) is 67.9 cm³/mol. The summed E-state index contributed by atoms with van der Waals surface area (Å²) in [6, 6.07) is 10.9. The number of benzene rings is 1. The van der Waals surface area contributed by atoms with Crippen molar-refractivity contribution in [3.05, 3.63) is 35.9 Å². The second-order valence-corrected chi connectivity index (χ2v) is 4.69. The minimum Gasteiger partial charge on any atom is -0.348 e. The number of aliphatic imine (C=N–C) groups is 1. The fourth-order valence-electron chi connectivity index (χ4n) is 1.96. The van der Waals surface area contributed by atoms with Gasteiger partial charge < -0.3 is 4.90 Å². The number of hydrogen-bond donors (Lipinski definition) is 0. The predicted octanol–water partition coefficient (Wildman–Crippen LogP) is 2.57. The molecule has 1 aromatic carbocycles. The molecule has 0 radical (unpaired) electrons. The van der Waals surface area contributed by atoms with Crippen LogP contribution in [0, 0.1) is 0 Å². The Hall–Kier alpha value is -0.670. The molecule has 0 bridgehead atoms. The lowest BCUT2D eigenvalue weighted by Gasteiger charge is -2.12. The maximum absolute atomic E-state index is 4.73. The van der Waals surface area contributed by atoms with Crippen LogP contribution < -0.4 is 0 Å². The van der Waals surface area contributed by atoms with E-state index >= 15 is 0 Å². The van der Waals surface area contributed by atoms with Crippen LogP contribution in [0.4, 0.5) is 0 Å². The zero-order valence-corrected chi connectivity index (χ0v) is 9.93. The van der Waals surface area contributed by atoms with Gasteiger partial charge in [-0.25, -0.2) is 0 Å². The third-order valence-electron chi connectivity index (χ3n) is 2.71. The van der Waals surface area contributed by atoms with Crippen LogP contribution in [-0.2, 0) is 0 Å². The zero-order valence-electron chi connectivity index (χ0n) is 8.30. The van der Waals surface area contributed by atoms with Crippen LogP contribution in [0.2, 0.25) is 0 Å². The Labute approximate surface area is 100 Å². The Kier molecular flexibility index (Phi) is 3.22. The first-order valence-electron chi connectivity index (χ1n) is 4.94. The smallest absolute Gasteiger partial charge is 0.160 e. The minimum atomic E-state index is 0. The first-order chi connectivity index (χ1) is 6.93. The Morgan fingerprint density at radius 3 is 2.80 bits per heavy atom. The number of rotatable bonds is 1. The molecule has 0 amide bonds. The van der Waals surface area contributed by atoms with E-state index in [0.717, 1.165) is 6.54 Å². The van der Waals surface area contributed by atoms with E-state index in [4.69, 9.17) is 4.99 Å². The number of thioether (sulfide) groups is 1. The average molecular weight is 241 g/mol. The SMILES string of the molecule is Cl.c1ccc([C@@H]2CN3CCSC3=N2)cc1. The van der Waals surface area contributed by atoms with E-state index < -0.39 is 0 Å². The Bertz CT molecular complexity index is 366. The highest BCUT2D eigenvalue weighted by molar-refractivity contribution is 8.14. The van der Waals surface area contributed by atoms with Gasteiger partial charge in [0.15, 0.2) is 5.17 Å². The van der Waals surface area contributed by atoms with Crippen LogP contribution in [-0.4, -0.2) is 28.9 Å². The van der Waals surface area contributed by atoms with Gasteiger partial charge in [0.2, 0.25) is 0 Å². The Morgan fingerprint density at radius 1 is 1.27 bits per heavy atom. The fourth-order valence-corrected chi connectivity index (χ4v) is 3.00. The Balaban J connectivity index is 0.000000853. The largest absolute Gasteiger partial charge is 0.348 e. The quantitative estimate of drug-likeness (QED) is 0.750. The lowest BCUT2D eigenvalue weighted by Crippen LogP contribution is -2.21. The van der Waals surface area contributed by atoms with Gasteiger partial charge in [0.05, 0.1) is 6.04 Å². The summed E-state index contributed by atoms with van der Waals surface area (Å²) in [5.74, 6) is 1.21. The molecule has 1 fully saturated rings. The van der Waals surface area contributed by atoms with E-state index in [9.17, 15) is 0 Å². The van der Waals surface area contributed by atoms with Gasteiger partial charge in [0.25, 0.3) is 0 Å². The van der Waals surface area contributed by atoms with Crippen LogP contribution in [0.3, 0.4) is 0 Å². The van der Waals surface area contributed by atoms with E-state index in [1.807, 2.05) is 11.8 Å². The molecule has 2 nitrogen and oxygen atoms in total. The maximum atomic E-state index is 4.73. The van der Waals surface area contributed by atoms with Crippen molar-refractivity contribution in [2.24, 2.45) is 4.99 Å². The van der Waals surface area contributed by atoms with Crippen molar-refractivity contribution in [1.82, 2.24) is 4.90 Å². The number of halogens is 1. The molecule has 2 heterocycles. The highest BCUT2D eigenvalue weighted by atomic mass is 35.5. The maximum Gasteiger partial charge on any atom is 0.160 e. The third kappa shape index (κ3) is 1.99. The van der Waals surface area contributed by atoms with E-state index in [2.05, 4.69) is 35.2 Å². The van der Waals surface area contributed by atoms with Gasteiger partial charge in [-0.2, -0.15) is 0 Å². The molecule has 1 aromatic rings. The van der Waals surface area contributed by atoms with E-state index in [1.165, 1.54) is 23.0 Å². The van der Waals surface area contributed by atoms with Crippen molar-refractivity contribution >= 4 is 29.3 Å². The van der Waals surface area contributed by atoms with Gasteiger partial charge >= 0.3 is 0 Å². The van der Waals surface area contributed by atoms with E-state index in [-0.39, 0.29) is 12.4 Å². The summed E-state index contributed by atoms with van der Waals surface area (Å²) >= 11 is 1.89. The van der Waals surface area contributed by atoms with Gasteiger partial charge in [-0.15, -0.1) is 12.4 Å². The molecule has 2 aliphatic rings. The summed E-state index contributed by atoms with van der Waals surface area (Å²) in [7, 11) is 0. The highest BCUT2D eigenvalue weighted by Crippen LogP contribution is 2.31. The number of nitrogens with zero attached hydrogens (tertiary/aromatic N) is 2. The Morgan fingerprint density at radius 2 is 2.07 bits per heavy atom. The summed E-state index contributed by atoms with van der Waals surface area (Å²) in [5.41, 5.74) is 1.34. The van der Waals surface area contributed by atoms with Gasteiger partial charge in [0.1, 0.15) is 0 Å². The lowest BCUT2D eigenvalue weighted by atomic mass is 10.1. The monoisotopic (exact) mass is 240 g/mol. The first kappa shape index (κ1) is 10.8. The van der Waals surface area contributed by atoms with Crippen molar-refractivity contribution in [3.8, 4) is 0 Å². The van der Waals surface area contributed by atoms with Crippen molar-refractivity contribution in [2.45, 2.75) is 6.04 Å². The molecular formula is C11H13ClN2S. The van der Waals surface area contributed by atoms with Crippen molar-refractivity contribution in [2.75, 3.05) is 18.8 Å². The molecule has 0 spiro atoms. The molecule has 1 saturated heterocycles. The summed E-state index contributed by atoms with van der Waals surface area (Å²) < 4.78 is 0. The van der Waals surface area contributed by atoms with Gasteiger partial charge in [-0.1, -0.05) is 42.1 Å². The van der Waals surface area contributed by atoms with Gasteiger partial charge in [-0.3, -0.25) is 4.99 Å². The molecular weight excluding hydrogens is 228 g/mol. The summed E-state index contributed by atoms with van der Waals surface area (Å²) in [5, 5.41) is 1.25.